The van der Waals surface area contributed by atoms with Crippen molar-refractivity contribution in [2.24, 2.45) is 5.92 Å². The van der Waals surface area contributed by atoms with Crippen LogP contribution >= 0.6 is 0 Å². The van der Waals surface area contributed by atoms with Crippen molar-refractivity contribution in [3.8, 4) is 0 Å². The van der Waals surface area contributed by atoms with Crippen LogP contribution in [0.15, 0.2) is 0 Å². The van der Waals surface area contributed by atoms with Crippen LogP contribution in [0.3, 0.4) is 0 Å². The average molecular weight is 292 g/mol. The monoisotopic (exact) mass is 292 g/mol. The molecule has 0 spiro atoms. The molecule has 2 amide bonds. The van der Waals surface area contributed by atoms with Crippen molar-refractivity contribution in [3.63, 3.8) is 0 Å². The maximum Gasteiger partial charge on any atom is 0.320 e. The summed E-state index contributed by atoms with van der Waals surface area (Å²) < 4.78 is 0. The molecule has 1 aliphatic carbocycles. The number of amides is 2. The number of nitrogens with zero attached hydrogens (tertiary/aromatic N) is 2. The minimum absolute atomic E-state index is 0.122. The Kier molecular flexibility index (Phi) is 4.81. The summed E-state index contributed by atoms with van der Waals surface area (Å²) in [5.41, 5.74) is 0. The van der Waals surface area contributed by atoms with E-state index in [0.29, 0.717) is 5.78 Å². The second kappa shape index (κ2) is 6.80. The number of Topliss-reactive ketones (excluding diaryl/α,β-unsaturated/α-hetero) is 1. The quantitative estimate of drug-likeness (QED) is 0.744. The topological polar surface area (TPSA) is 40.6 Å². The van der Waals surface area contributed by atoms with Crippen molar-refractivity contribution < 1.29 is 9.59 Å². The van der Waals surface area contributed by atoms with Gasteiger partial charge in [-0.15, -0.1) is 0 Å². The van der Waals surface area contributed by atoms with Gasteiger partial charge in [-0.1, -0.05) is 19.3 Å². The van der Waals surface area contributed by atoms with Crippen LogP contribution < -0.4 is 0 Å². The number of ketones is 1. The van der Waals surface area contributed by atoms with Crippen molar-refractivity contribution in [1.29, 1.82) is 0 Å². The first-order valence-corrected chi connectivity index (χ1v) is 8.85. The molecule has 0 radical (unpaired) electrons. The van der Waals surface area contributed by atoms with Crippen LogP contribution in [0.2, 0.25) is 0 Å². The number of hydrogen-bond donors (Lipinski definition) is 0. The third-order valence-electron chi connectivity index (χ3n) is 5.49. The highest BCUT2D eigenvalue weighted by molar-refractivity contribution is 5.83. The Bertz CT molecular complexity index is 388. The van der Waals surface area contributed by atoms with Crippen LogP contribution in [0.4, 0.5) is 4.79 Å². The van der Waals surface area contributed by atoms with E-state index in [2.05, 4.69) is 0 Å². The van der Waals surface area contributed by atoms with Gasteiger partial charge in [0.05, 0.1) is 0 Å². The summed E-state index contributed by atoms with van der Waals surface area (Å²) in [7, 11) is 0. The molecule has 0 aromatic heterocycles. The molecule has 21 heavy (non-hydrogen) atoms. The highest BCUT2D eigenvalue weighted by Crippen LogP contribution is 2.33. The summed E-state index contributed by atoms with van der Waals surface area (Å²) in [6.45, 7) is 2.66. The molecular weight excluding hydrogens is 264 g/mol. The van der Waals surface area contributed by atoms with Gasteiger partial charge in [0.15, 0.2) is 0 Å². The van der Waals surface area contributed by atoms with Crippen molar-refractivity contribution >= 4 is 11.8 Å². The SMILES string of the molecule is O=C1CCCCC1C1CCCN1C(=O)N1CCCCCC1. The molecule has 2 atom stereocenters. The Morgan fingerprint density at radius 3 is 2.33 bits per heavy atom. The molecule has 2 saturated heterocycles. The number of urea groups is 1. The molecule has 0 N–H and O–H groups in total. The number of rotatable bonds is 1. The largest absolute Gasteiger partial charge is 0.325 e. The minimum Gasteiger partial charge on any atom is -0.325 e. The first kappa shape index (κ1) is 14.9. The lowest BCUT2D eigenvalue weighted by Gasteiger charge is -2.36. The fourth-order valence-corrected chi connectivity index (χ4v) is 4.31. The van der Waals surface area contributed by atoms with Crippen LogP contribution in [0.1, 0.15) is 64.2 Å². The zero-order chi connectivity index (χ0) is 14.7. The highest BCUT2D eigenvalue weighted by atomic mass is 16.2. The lowest BCUT2D eigenvalue weighted by molar-refractivity contribution is -0.126. The fourth-order valence-electron chi connectivity index (χ4n) is 4.31. The second-order valence-electron chi connectivity index (χ2n) is 6.91. The molecule has 0 aromatic rings. The van der Waals surface area contributed by atoms with Gasteiger partial charge in [-0.05, 0) is 38.5 Å². The van der Waals surface area contributed by atoms with E-state index in [0.717, 1.165) is 71.0 Å². The second-order valence-corrected chi connectivity index (χ2v) is 6.91. The van der Waals surface area contributed by atoms with E-state index in [9.17, 15) is 9.59 Å². The lowest BCUT2D eigenvalue weighted by atomic mass is 9.82. The zero-order valence-corrected chi connectivity index (χ0v) is 13.1. The van der Waals surface area contributed by atoms with Crippen LogP contribution in [0, 0.1) is 5.92 Å². The number of carbonyl (C=O) groups is 2. The van der Waals surface area contributed by atoms with E-state index < -0.39 is 0 Å². The van der Waals surface area contributed by atoms with Crippen molar-refractivity contribution in [2.75, 3.05) is 19.6 Å². The van der Waals surface area contributed by atoms with E-state index >= 15 is 0 Å². The van der Waals surface area contributed by atoms with E-state index in [-0.39, 0.29) is 18.0 Å². The van der Waals surface area contributed by atoms with E-state index in [1.807, 2.05) is 9.80 Å². The van der Waals surface area contributed by atoms with E-state index in [1.165, 1.54) is 12.8 Å². The molecule has 118 valence electrons. The van der Waals surface area contributed by atoms with Crippen molar-refractivity contribution in [1.82, 2.24) is 9.80 Å². The van der Waals surface area contributed by atoms with Gasteiger partial charge in [-0.2, -0.15) is 0 Å². The molecule has 4 heteroatoms. The molecule has 2 unspecified atom stereocenters. The first-order valence-electron chi connectivity index (χ1n) is 8.85. The lowest BCUT2D eigenvalue weighted by Crippen LogP contribution is -2.49. The Hall–Kier alpha value is -1.06. The minimum atomic E-state index is 0.122. The third-order valence-corrected chi connectivity index (χ3v) is 5.49. The Balaban J connectivity index is 1.67. The third kappa shape index (κ3) is 3.24. The predicted molar refractivity (Wildman–Crippen MR) is 82.1 cm³/mol. The smallest absolute Gasteiger partial charge is 0.320 e. The highest BCUT2D eigenvalue weighted by Gasteiger charge is 2.40. The van der Waals surface area contributed by atoms with Gasteiger partial charge in [-0.3, -0.25) is 4.79 Å². The molecule has 0 aromatic carbocycles. The summed E-state index contributed by atoms with van der Waals surface area (Å²) in [4.78, 5) is 29.2. The molecule has 4 nitrogen and oxygen atoms in total. The molecule has 3 aliphatic rings. The van der Waals surface area contributed by atoms with Crippen LogP contribution in [0.25, 0.3) is 0 Å². The van der Waals surface area contributed by atoms with Gasteiger partial charge in [0.1, 0.15) is 5.78 Å². The Morgan fingerprint density at radius 1 is 0.857 bits per heavy atom. The van der Waals surface area contributed by atoms with Gasteiger partial charge in [-0.25, -0.2) is 4.79 Å². The summed E-state index contributed by atoms with van der Waals surface area (Å²) >= 11 is 0. The molecule has 0 bridgehead atoms. The van der Waals surface area contributed by atoms with E-state index in [4.69, 9.17) is 0 Å². The van der Waals surface area contributed by atoms with Gasteiger partial charge in [0.25, 0.3) is 0 Å². The Labute approximate surface area is 127 Å². The van der Waals surface area contributed by atoms with Crippen LogP contribution in [0.5, 0.6) is 0 Å². The maximum absolute atomic E-state index is 12.9. The van der Waals surface area contributed by atoms with Gasteiger partial charge >= 0.3 is 6.03 Å². The summed E-state index contributed by atoms with van der Waals surface area (Å²) in [6.07, 6.45) is 10.8. The molecule has 2 heterocycles. The van der Waals surface area contributed by atoms with Gasteiger partial charge in [0.2, 0.25) is 0 Å². The van der Waals surface area contributed by atoms with Crippen LogP contribution in [-0.4, -0.2) is 47.3 Å². The maximum atomic E-state index is 12.9. The molecule has 2 aliphatic heterocycles. The predicted octanol–water partition coefficient (Wildman–Crippen LogP) is 3.21. The fraction of sp³-hybridized carbons (Fsp3) is 0.882. The normalized spacial score (nSPS) is 31.3. The molecule has 3 fully saturated rings. The summed E-state index contributed by atoms with van der Waals surface area (Å²) in [6, 6.07) is 0.395. The zero-order valence-electron chi connectivity index (χ0n) is 13.1. The van der Waals surface area contributed by atoms with E-state index in [1.54, 1.807) is 0 Å². The molecular formula is C17H28N2O2. The average Bonchev–Trinajstić information content (AvgIpc) is 2.81. The molecule has 3 rings (SSSR count). The first-order chi connectivity index (χ1) is 10.3. The van der Waals surface area contributed by atoms with Gasteiger partial charge in [0, 0.05) is 38.0 Å². The summed E-state index contributed by atoms with van der Waals surface area (Å²) in [5.74, 6) is 0.527. The number of hydrogen-bond acceptors (Lipinski definition) is 2. The number of carbonyl (C=O) groups excluding carboxylic acids is 2. The Morgan fingerprint density at radius 2 is 1.62 bits per heavy atom. The van der Waals surface area contributed by atoms with Gasteiger partial charge < -0.3 is 9.80 Å². The standard InChI is InChI=1S/C17H28N2O2/c20-16-10-4-3-8-14(16)15-9-7-13-19(15)17(21)18-11-5-1-2-6-12-18/h14-15H,1-13H2. The molecule has 1 saturated carbocycles. The van der Waals surface area contributed by atoms with Crippen molar-refractivity contribution in [2.45, 2.75) is 70.3 Å². The van der Waals surface area contributed by atoms with Crippen molar-refractivity contribution in [3.05, 3.63) is 0 Å². The van der Waals surface area contributed by atoms with Crippen LogP contribution in [-0.2, 0) is 4.79 Å². The number of likely N-dealkylation sites (tertiary alicyclic amines) is 2. The summed E-state index contributed by atoms with van der Waals surface area (Å²) in [5, 5.41) is 0.